The molecule has 0 spiro atoms. The summed E-state index contributed by atoms with van der Waals surface area (Å²) < 4.78 is 15.0. The molecule has 1 N–H and O–H groups in total. The Morgan fingerprint density at radius 2 is 2.04 bits per heavy atom. The van der Waals surface area contributed by atoms with E-state index in [4.69, 9.17) is 11.6 Å². The molecule has 2 aromatic carbocycles. The molecule has 0 bridgehead atoms. The number of carbonyl (C=O) groups excluding carboxylic acids is 1. The molecule has 1 aromatic heterocycles. The highest BCUT2D eigenvalue weighted by atomic mass is 35.5. The summed E-state index contributed by atoms with van der Waals surface area (Å²) in [6.07, 6.45) is 1.72. The molecule has 0 atom stereocenters. The Bertz CT molecular complexity index is 1000. The standard InChI is InChI=1S/C20H18ClFN4OS/c1-3-10-26-19(14-5-8-16(22)9-6-14)24-25-20(26)28-12-18(27)23-17-11-15(21)7-4-13(17)2/h3-9,11H,1,10,12H2,2H3,(H,23,27). The molecule has 144 valence electrons. The maximum Gasteiger partial charge on any atom is 0.234 e. The Labute approximate surface area is 171 Å². The van der Waals surface area contributed by atoms with Crippen molar-refractivity contribution in [2.45, 2.75) is 18.6 Å². The first-order chi connectivity index (χ1) is 13.5. The number of nitrogens with zero attached hydrogens (tertiary/aromatic N) is 3. The topological polar surface area (TPSA) is 59.8 Å². The summed E-state index contributed by atoms with van der Waals surface area (Å²) >= 11 is 7.25. The van der Waals surface area contributed by atoms with Gasteiger partial charge < -0.3 is 5.32 Å². The fraction of sp³-hybridized carbons (Fsp3) is 0.150. The Kier molecular flexibility index (Phi) is 6.49. The zero-order valence-corrected chi connectivity index (χ0v) is 16.7. The second kappa shape index (κ2) is 9.03. The summed E-state index contributed by atoms with van der Waals surface area (Å²) in [5, 5.41) is 12.4. The van der Waals surface area contributed by atoms with E-state index in [0.29, 0.717) is 28.2 Å². The largest absolute Gasteiger partial charge is 0.325 e. The molecule has 0 unspecified atom stereocenters. The number of anilines is 1. The van der Waals surface area contributed by atoms with Crippen LogP contribution in [-0.4, -0.2) is 26.4 Å². The van der Waals surface area contributed by atoms with Crippen LogP contribution in [0, 0.1) is 12.7 Å². The fourth-order valence-electron chi connectivity index (χ4n) is 2.55. The number of hydrogen-bond acceptors (Lipinski definition) is 4. The van der Waals surface area contributed by atoms with Crippen molar-refractivity contribution >= 4 is 35.0 Å². The Balaban J connectivity index is 1.73. The first kappa shape index (κ1) is 20.1. The first-order valence-electron chi connectivity index (χ1n) is 8.46. The highest BCUT2D eigenvalue weighted by Gasteiger charge is 2.15. The van der Waals surface area contributed by atoms with Crippen LogP contribution in [0.5, 0.6) is 0 Å². The molecule has 0 aliphatic heterocycles. The van der Waals surface area contributed by atoms with Crippen molar-refractivity contribution in [3.8, 4) is 11.4 Å². The molecule has 0 radical (unpaired) electrons. The molecule has 0 saturated heterocycles. The molecular weight excluding hydrogens is 399 g/mol. The van der Waals surface area contributed by atoms with Crippen molar-refractivity contribution < 1.29 is 9.18 Å². The molecule has 3 rings (SSSR count). The number of carbonyl (C=O) groups is 1. The molecule has 28 heavy (non-hydrogen) atoms. The van der Waals surface area contributed by atoms with E-state index in [2.05, 4.69) is 22.1 Å². The average molecular weight is 417 g/mol. The van der Waals surface area contributed by atoms with Gasteiger partial charge in [0.15, 0.2) is 11.0 Å². The maximum absolute atomic E-state index is 13.2. The van der Waals surface area contributed by atoms with Gasteiger partial charge in [0.2, 0.25) is 5.91 Å². The highest BCUT2D eigenvalue weighted by Crippen LogP contribution is 2.25. The third-order valence-electron chi connectivity index (χ3n) is 3.94. The highest BCUT2D eigenvalue weighted by molar-refractivity contribution is 7.99. The van der Waals surface area contributed by atoms with Crippen molar-refractivity contribution in [1.29, 1.82) is 0 Å². The number of aromatic nitrogens is 3. The predicted octanol–water partition coefficient (Wildman–Crippen LogP) is 4.96. The molecule has 0 aliphatic rings. The van der Waals surface area contributed by atoms with Crippen molar-refractivity contribution in [2.24, 2.45) is 0 Å². The number of rotatable bonds is 7. The number of allylic oxidation sites excluding steroid dienone is 1. The van der Waals surface area contributed by atoms with E-state index in [1.165, 1.54) is 23.9 Å². The zero-order chi connectivity index (χ0) is 20.1. The fourth-order valence-corrected chi connectivity index (χ4v) is 3.47. The summed E-state index contributed by atoms with van der Waals surface area (Å²) in [5.74, 6) is 0.256. The van der Waals surface area contributed by atoms with Gasteiger partial charge in [-0.05, 0) is 48.9 Å². The molecule has 1 heterocycles. The lowest BCUT2D eigenvalue weighted by atomic mass is 10.2. The van der Waals surface area contributed by atoms with Crippen LogP contribution in [0.2, 0.25) is 5.02 Å². The molecule has 5 nitrogen and oxygen atoms in total. The van der Waals surface area contributed by atoms with Gasteiger partial charge in [-0.2, -0.15) is 0 Å². The Hall–Kier alpha value is -2.64. The van der Waals surface area contributed by atoms with E-state index in [-0.39, 0.29) is 17.5 Å². The summed E-state index contributed by atoms with van der Waals surface area (Å²) in [4.78, 5) is 12.3. The van der Waals surface area contributed by atoms with Gasteiger partial charge >= 0.3 is 0 Å². The van der Waals surface area contributed by atoms with Gasteiger partial charge in [-0.1, -0.05) is 35.5 Å². The Morgan fingerprint density at radius 3 is 2.75 bits per heavy atom. The van der Waals surface area contributed by atoms with Gasteiger partial charge in [-0.3, -0.25) is 9.36 Å². The van der Waals surface area contributed by atoms with Crippen molar-refractivity contribution in [1.82, 2.24) is 14.8 Å². The van der Waals surface area contributed by atoms with E-state index in [1.807, 2.05) is 17.6 Å². The van der Waals surface area contributed by atoms with Crippen LogP contribution in [0.3, 0.4) is 0 Å². The molecule has 8 heteroatoms. The number of benzene rings is 2. The van der Waals surface area contributed by atoms with E-state index in [0.717, 1.165) is 11.1 Å². The molecule has 1 amide bonds. The second-order valence-corrected chi connectivity index (χ2v) is 7.39. The summed E-state index contributed by atoms with van der Waals surface area (Å²) in [6.45, 7) is 6.12. The lowest BCUT2D eigenvalue weighted by Crippen LogP contribution is -2.15. The second-order valence-electron chi connectivity index (χ2n) is 6.01. The number of nitrogens with one attached hydrogen (secondary N) is 1. The maximum atomic E-state index is 13.2. The normalized spacial score (nSPS) is 10.7. The molecule has 0 aliphatic carbocycles. The van der Waals surface area contributed by atoms with Gasteiger partial charge in [0.1, 0.15) is 5.82 Å². The lowest BCUT2D eigenvalue weighted by Gasteiger charge is -2.10. The molecule has 0 fully saturated rings. The van der Waals surface area contributed by atoms with Gasteiger partial charge in [0.25, 0.3) is 0 Å². The number of thioether (sulfide) groups is 1. The average Bonchev–Trinajstić information content (AvgIpc) is 3.07. The van der Waals surface area contributed by atoms with Gasteiger partial charge in [-0.15, -0.1) is 16.8 Å². The number of halogens is 2. The minimum absolute atomic E-state index is 0.157. The van der Waals surface area contributed by atoms with Crippen LogP contribution in [0.25, 0.3) is 11.4 Å². The van der Waals surface area contributed by atoms with Crippen LogP contribution in [0.1, 0.15) is 5.56 Å². The SMILES string of the molecule is C=CCn1c(SCC(=O)Nc2cc(Cl)ccc2C)nnc1-c1ccc(F)cc1. The number of hydrogen-bond donors (Lipinski definition) is 1. The van der Waals surface area contributed by atoms with E-state index < -0.39 is 0 Å². The Morgan fingerprint density at radius 1 is 1.29 bits per heavy atom. The third kappa shape index (κ3) is 4.79. The first-order valence-corrected chi connectivity index (χ1v) is 9.83. The van der Waals surface area contributed by atoms with Gasteiger partial charge in [0, 0.05) is 22.8 Å². The van der Waals surface area contributed by atoms with Crippen molar-refractivity contribution in [2.75, 3.05) is 11.1 Å². The summed E-state index contributed by atoms with van der Waals surface area (Å²) in [5.41, 5.74) is 2.34. The minimum Gasteiger partial charge on any atom is -0.325 e. The van der Waals surface area contributed by atoms with Crippen LogP contribution in [-0.2, 0) is 11.3 Å². The summed E-state index contributed by atoms with van der Waals surface area (Å²) in [7, 11) is 0. The molecule has 3 aromatic rings. The van der Waals surface area contributed by atoms with E-state index in [1.54, 1.807) is 30.3 Å². The summed E-state index contributed by atoms with van der Waals surface area (Å²) in [6, 6.07) is 11.4. The number of amides is 1. The van der Waals surface area contributed by atoms with Crippen molar-refractivity contribution in [3.05, 3.63) is 71.5 Å². The van der Waals surface area contributed by atoms with E-state index >= 15 is 0 Å². The van der Waals surface area contributed by atoms with Crippen LogP contribution in [0.15, 0.2) is 60.3 Å². The van der Waals surface area contributed by atoms with Crippen LogP contribution in [0.4, 0.5) is 10.1 Å². The molecule has 0 saturated carbocycles. The minimum atomic E-state index is -0.318. The monoisotopic (exact) mass is 416 g/mol. The quantitative estimate of drug-likeness (QED) is 0.436. The third-order valence-corrected chi connectivity index (χ3v) is 5.14. The predicted molar refractivity (Wildman–Crippen MR) is 111 cm³/mol. The van der Waals surface area contributed by atoms with E-state index in [9.17, 15) is 9.18 Å². The number of aryl methyl sites for hydroxylation is 1. The van der Waals surface area contributed by atoms with Crippen LogP contribution < -0.4 is 5.32 Å². The zero-order valence-electron chi connectivity index (χ0n) is 15.2. The van der Waals surface area contributed by atoms with Crippen molar-refractivity contribution in [3.63, 3.8) is 0 Å². The smallest absolute Gasteiger partial charge is 0.234 e. The molecular formula is C20H18ClFN4OS. The van der Waals surface area contributed by atoms with Gasteiger partial charge in [0.05, 0.1) is 5.75 Å². The lowest BCUT2D eigenvalue weighted by molar-refractivity contribution is -0.113. The van der Waals surface area contributed by atoms with Gasteiger partial charge in [-0.25, -0.2) is 4.39 Å². The van der Waals surface area contributed by atoms with Crippen LogP contribution >= 0.6 is 23.4 Å².